The van der Waals surface area contributed by atoms with Crippen LogP contribution in [0.2, 0.25) is 0 Å². The first-order valence-corrected chi connectivity index (χ1v) is 8.05. The molecule has 0 atom stereocenters. The van der Waals surface area contributed by atoms with E-state index < -0.39 is 0 Å². The second-order valence-corrected chi connectivity index (χ2v) is 5.91. The largest absolute Gasteiger partial charge is 0.365 e. The Kier molecular flexibility index (Phi) is 3.50. The Morgan fingerprint density at radius 2 is 1.39 bits per heavy atom. The van der Waals surface area contributed by atoms with E-state index in [-0.39, 0.29) is 5.91 Å². The number of rotatable bonds is 2. The summed E-state index contributed by atoms with van der Waals surface area (Å²) in [5, 5.41) is 6.54. The second-order valence-electron chi connectivity index (χ2n) is 5.91. The number of para-hydroxylation sites is 2. The van der Waals surface area contributed by atoms with Gasteiger partial charge in [-0.2, -0.15) is 0 Å². The second kappa shape index (κ2) is 5.80. The minimum Gasteiger partial charge on any atom is -0.365 e. The first kappa shape index (κ1) is 13.9. The van der Waals surface area contributed by atoms with Crippen molar-refractivity contribution in [2.75, 3.05) is 23.7 Å². The number of hydrogen-bond acceptors (Lipinski definition) is 3. The molecule has 0 spiro atoms. The molecule has 2 aromatic carbocycles. The molecule has 0 aromatic heterocycles. The molecule has 2 N–H and O–H groups in total. The number of anilines is 2. The molecule has 116 valence electrons. The quantitative estimate of drug-likeness (QED) is 0.892. The van der Waals surface area contributed by atoms with E-state index in [1.54, 1.807) is 0 Å². The minimum absolute atomic E-state index is 0.0387. The third-order valence-electron chi connectivity index (χ3n) is 4.37. The average molecular weight is 305 g/mol. The van der Waals surface area contributed by atoms with Crippen LogP contribution in [0.5, 0.6) is 0 Å². The van der Waals surface area contributed by atoms with Gasteiger partial charge in [-0.25, -0.2) is 0 Å². The lowest BCUT2D eigenvalue weighted by atomic mass is 10.1. The van der Waals surface area contributed by atoms with Crippen molar-refractivity contribution in [1.82, 2.24) is 4.90 Å². The van der Waals surface area contributed by atoms with Crippen molar-refractivity contribution in [3.8, 4) is 0 Å². The van der Waals surface area contributed by atoms with Crippen molar-refractivity contribution < 1.29 is 4.79 Å². The predicted octanol–water partition coefficient (Wildman–Crippen LogP) is 3.52. The van der Waals surface area contributed by atoms with Crippen molar-refractivity contribution in [2.24, 2.45) is 0 Å². The molecule has 0 bridgehead atoms. The van der Waals surface area contributed by atoms with Gasteiger partial charge in [-0.1, -0.05) is 42.5 Å². The minimum atomic E-state index is -0.0387. The lowest BCUT2D eigenvalue weighted by molar-refractivity contribution is -0.114. The molecule has 2 aromatic rings. The number of likely N-dealkylation sites (tertiary alicyclic amines) is 1. The Bertz CT molecular complexity index is 761. The van der Waals surface area contributed by atoms with Crippen molar-refractivity contribution >= 4 is 23.0 Å². The average Bonchev–Trinajstić information content (AvgIpc) is 3.06. The summed E-state index contributed by atoms with van der Waals surface area (Å²) < 4.78 is 0. The van der Waals surface area contributed by atoms with Crippen LogP contribution in [-0.2, 0) is 4.79 Å². The molecule has 2 aliphatic heterocycles. The Balaban J connectivity index is 1.87. The lowest BCUT2D eigenvalue weighted by Crippen LogP contribution is -2.29. The molecule has 0 radical (unpaired) electrons. The lowest BCUT2D eigenvalue weighted by Gasteiger charge is -2.23. The van der Waals surface area contributed by atoms with Gasteiger partial charge in [0.1, 0.15) is 5.70 Å². The van der Waals surface area contributed by atoms with E-state index in [2.05, 4.69) is 15.5 Å². The molecule has 0 unspecified atom stereocenters. The number of amides is 1. The zero-order valence-corrected chi connectivity index (χ0v) is 12.9. The first-order chi connectivity index (χ1) is 11.3. The zero-order valence-electron chi connectivity index (χ0n) is 12.9. The van der Waals surface area contributed by atoms with Gasteiger partial charge < -0.3 is 15.5 Å². The number of hydrogen-bond donors (Lipinski definition) is 2. The number of carbonyl (C=O) groups excluding carboxylic acids is 1. The van der Waals surface area contributed by atoms with Gasteiger partial charge in [0.2, 0.25) is 0 Å². The number of fused-ring (bicyclic) bond motifs is 1. The van der Waals surface area contributed by atoms with Crippen LogP contribution in [0.25, 0.3) is 5.70 Å². The van der Waals surface area contributed by atoms with Crippen molar-refractivity contribution in [2.45, 2.75) is 12.8 Å². The Labute approximate surface area is 135 Å². The van der Waals surface area contributed by atoms with Gasteiger partial charge in [-0.15, -0.1) is 0 Å². The summed E-state index contributed by atoms with van der Waals surface area (Å²) in [5.41, 5.74) is 4.40. The summed E-state index contributed by atoms with van der Waals surface area (Å²) in [6.45, 7) is 1.86. The Morgan fingerprint density at radius 1 is 0.783 bits per heavy atom. The van der Waals surface area contributed by atoms with Crippen LogP contribution in [0.15, 0.2) is 60.3 Å². The van der Waals surface area contributed by atoms with E-state index in [1.807, 2.05) is 54.6 Å². The summed E-state index contributed by atoms with van der Waals surface area (Å²) in [5.74, 6) is -0.0387. The van der Waals surface area contributed by atoms with Crippen molar-refractivity contribution in [3.63, 3.8) is 0 Å². The maximum Gasteiger partial charge on any atom is 0.274 e. The van der Waals surface area contributed by atoms with Crippen LogP contribution >= 0.6 is 0 Å². The molecule has 4 heteroatoms. The highest BCUT2D eigenvalue weighted by atomic mass is 16.2. The highest BCUT2D eigenvalue weighted by Crippen LogP contribution is 2.33. The van der Waals surface area contributed by atoms with Gasteiger partial charge in [0.25, 0.3) is 5.91 Å². The first-order valence-electron chi connectivity index (χ1n) is 8.05. The van der Waals surface area contributed by atoms with Crippen LogP contribution in [0, 0.1) is 0 Å². The summed E-state index contributed by atoms with van der Waals surface area (Å²) in [4.78, 5) is 15.1. The van der Waals surface area contributed by atoms with Gasteiger partial charge in [-0.3, -0.25) is 4.79 Å². The molecular formula is C19H19N3O. The summed E-state index contributed by atoms with van der Waals surface area (Å²) in [6.07, 6.45) is 2.26. The van der Waals surface area contributed by atoms with E-state index in [9.17, 15) is 4.79 Å². The fourth-order valence-corrected chi connectivity index (χ4v) is 3.25. The maximum absolute atomic E-state index is 12.9. The molecule has 0 aliphatic carbocycles. The number of nitrogens with zero attached hydrogens (tertiary/aromatic N) is 1. The van der Waals surface area contributed by atoms with Crippen LogP contribution < -0.4 is 10.6 Å². The molecule has 0 saturated carbocycles. The van der Waals surface area contributed by atoms with E-state index in [0.29, 0.717) is 0 Å². The molecule has 2 aliphatic rings. The highest BCUT2D eigenvalue weighted by molar-refractivity contribution is 6.13. The SMILES string of the molecule is O=C1Nc2ccccc2NC(c2ccccc2)=C1N1CCCC1. The maximum atomic E-state index is 12.9. The van der Waals surface area contributed by atoms with Gasteiger partial charge in [0.15, 0.2) is 0 Å². The standard InChI is InChI=1S/C19H19N3O/c23-19-18(22-12-6-7-13-22)17(14-8-2-1-3-9-14)20-15-10-4-5-11-16(15)21-19/h1-5,8-11,20H,6-7,12-13H2,(H,21,23). The van der Waals surface area contributed by atoms with Crippen LogP contribution in [-0.4, -0.2) is 23.9 Å². The molecule has 1 saturated heterocycles. The van der Waals surface area contributed by atoms with Crippen molar-refractivity contribution in [1.29, 1.82) is 0 Å². The summed E-state index contributed by atoms with van der Waals surface area (Å²) in [6, 6.07) is 17.9. The summed E-state index contributed by atoms with van der Waals surface area (Å²) >= 11 is 0. The van der Waals surface area contributed by atoms with E-state index in [0.717, 1.165) is 54.3 Å². The number of nitrogens with one attached hydrogen (secondary N) is 2. The van der Waals surface area contributed by atoms with Gasteiger partial charge in [-0.05, 0) is 25.0 Å². The molecule has 4 rings (SSSR count). The van der Waals surface area contributed by atoms with Crippen LogP contribution in [0.4, 0.5) is 11.4 Å². The fraction of sp³-hybridized carbons (Fsp3) is 0.211. The van der Waals surface area contributed by atoms with E-state index in [4.69, 9.17) is 0 Å². The monoisotopic (exact) mass is 305 g/mol. The fourth-order valence-electron chi connectivity index (χ4n) is 3.25. The Hall–Kier alpha value is -2.75. The normalized spacial score (nSPS) is 17.4. The Morgan fingerprint density at radius 3 is 2.09 bits per heavy atom. The molecule has 1 amide bonds. The molecule has 23 heavy (non-hydrogen) atoms. The van der Waals surface area contributed by atoms with Gasteiger partial charge in [0.05, 0.1) is 17.1 Å². The topological polar surface area (TPSA) is 44.4 Å². The van der Waals surface area contributed by atoms with E-state index in [1.165, 1.54) is 0 Å². The molecule has 2 heterocycles. The predicted molar refractivity (Wildman–Crippen MR) is 92.9 cm³/mol. The number of benzene rings is 2. The molecule has 1 fully saturated rings. The third kappa shape index (κ3) is 2.57. The number of carbonyl (C=O) groups is 1. The molecular weight excluding hydrogens is 286 g/mol. The van der Waals surface area contributed by atoms with E-state index >= 15 is 0 Å². The van der Waals surface area contributed by atoms with Crippen LogP contribution in [0.1, 0.15) is 18.4 Å². The van der Waals surface area contributed by atoms with Gasteiger partial charge in [0, 0.05) is 18.7 Å². The third-order valence-corrected chi connectivity index (χ3v) is 4.37. The summed E-state index contributed by atoms with van der Waals surface area (Å²) in [7, 11) is 0. The molecule has 4 nitrogen and oxygen atoms in total. The van der Waals surface area contributed by atoms with Crippen molar-refractivity contribution in [3.05, 3.63) is 65.9 Å². The van der Waals surface area contributed by atoms with Crippen LogP contribution in [0.3, 0.4) is 0 Å². The smallest absolute Gasteiger partial charge is 0.274 e. The van der Waals surface area contributed by atoms with Gasteiger partial charge >= 0.3 is 0 Å². The zero-order chi connectivity index (χ0) is 15.6. The highest BCUT2D eigenvalue weighted by Gasteiger charge is 2.28.